The predicted octanol–water partition coefficient (Wildman–Crippen LogP) is 9.82. The molecule has 0 unspecified atom stereocenters. The van der Waals surface area contributed by atoms with Crippen LogP contribution >= 0.6 is 0 Å². The minimum absolute atomic E-state index is 0. The van der Waals surface area contributed by atoms with Crippen LogP contribution in [0.25, 0.3) is 0 Å². The Morgan fingerprint density at radius 2 is 1.04 bits per heavy atom. The summed E-state index contributed by atoms with van der Waals surface area (Å²) in [4.78, 5) is 0. The molecule has 0 nitrogen and oxygen atoms in total. The van der Waals surface area contributed by atoms with Gasteiger partial charge in [0.15, 0.2) is 0 Å². The van der Waals surface area contributed by atoms with Gasteiger partial charge in [-0.25, -0.2) is 0 Å². The highest BCUT2D eigenvalue weighted by molar-refractivity contribution is 5.25. The van der Waals surface area contributed by atoms with Gasteiger partial charge in [-0.3, -0.25) is 0 Å². The lowest BCUT2D eigenvalue weighted by Crippen LogP contribution is -2.24. The zero-order valence-electron chi connectivity index (χ0n) is 18.5. The Morgan fingerprint density at radius 1 is 0.640 bits per heavy atom. The highest BCUT2D eigenvalue weighted by Crippen LogP contribution is 2.37. The molecule has 0 heterocycles. The Hall–Kier alpha value is -0.780. The normalized spacial score (nSPS) is 9.16. The second kappa shape index (κ2) is 25.5. The van der Waals surface area contributed by atoms with Crippen molar-refractivity contribution in [2.24, 2.45) is 0 Å². The fourth-order valence-electron chi connectivity index (χ4n) is 3.07. The number of rotatable bonds is 8. The second-order valence-corrected chi connectivity index (χ2v) is 5.85. The van der Waals surface area contributed by atoms with Crippen LogP contribution in [0.2, 0.25) is 0 Å². The fourth-order valence-corrected chi connectivity index (χ4v) is 3.07. The molecule has 0 aromatic heterocycles. The Morgan fingerprint density at radius 3 is 1.28 bits per heavy atom. The number of unbranched alkanes of at least 4 members (excludes halogenated alkanes) is 2. The Labute approximate surface area is 162 Å². The van der Waals surface area contributed by atoms with Gasteiger partial charge in [-0.2, -0.15) is 0 Å². The van der Waals surface area contributed by atoms with E-state index in [4.69, 9.17) is 0 Å². The first-order chi connectivity index (χ1) is 11.7. The first-order valence-electron chi connectivity index (χ1n) is 10.8. The topological polar surface area (TPSA) is 0 Å². The van der Waals surface area contributed by atoms with Gasteiger partial charge in [0, 0.05) is 0 Å². The van der Waals surface area contributed by atoms with E-state index >= 15 is 0 Å². The third-order valence-electron chi connectivity index (χ3n) is 4.23. The number of hydrogen-bond acceptors (Lipinski definition) is 0. The average Bonchev–Trinajstić information content (AvgIpc) is 2.66. The van der Waals surface area contributed by atoms with Crippen LogP contribution in [0, 0.1) is 0 Å². The third kappa shape index (κ3) is 15.2. The number of benzene rings is 1. The van der Waals surface area contributed by atoms with Gasteiger partial charge in [0.25, 0.3) is 0 Å². The summed E-state index contributed by atoms with van der Waals surface area (Å²) in [6.07, 6.45) is 10.5. The second-order valence-electron chi connectivity index (χ2n) is 5.85. The van der Waals surface area contributed by atoms with E-state index in [1.807, 2.05) is 27.7 Å². The maximum Gasteiger partial charge on any atom is -0.00498 e. The minimum atomic E-state index is 0. The average molecular weight is 353 g/mol. The molecule has 0 aliphatic heterocycles. The quantitative estimate of drug-likeness (QED) is 0.436. The SMILES string of the molecule is C.CC.CC.CCCC(CC)(CCC)c1ccccc1.CCCCC. The first kappa shape index (κ1) is 31.9. The Kier molecular flexibility index (Phi) is 32.5. The monoisotopic (exact) mass is 352 g/mol. The van der Waals surface area contributed by atoms with Crippen LogP contribution < -0.4 is 0 Å². The van der Waals surface area contributed by atoms with Crippen LogP contribution in [0.4, 0.5) is 0 Å². The smallest absolute Gasteiger partial charge is 0.00498 e. The van der Waals surface area contributed by atoms with Crippen LogP contribution in [0.3, 0.4) is 0 Å². The van der Waals surface area contributed by atoms with Gasteiger partial charge in [0.05, 0.1) is 0 Å². The molecular formula is C25H52. The molecule has 0 N–H and O–H groups in total. The maximum absolute atomic E-state index is 2.33. The van der Waals surface area contributed by atoms with Crippen LogP contribution in [0.15, 0.2) is 30.3 Å². The van der Waals surface area contributed by atoms with E-state index in [9.17, 15) is 0 Å². The summed E-state index contributed by atoms with van der Waals surface area (Å²) in [7, 11) is 0. The Balaban J connectivity index is -0.000000188. The highest BCUT2D eigenvalue weighted by Gasteiger charge is 2.27. The molecule has 1 rings (SSSR count). The van der Waals surface area contributed by atoms with Crippen LogP contribution in [0.5, 0.6) is 0 Å². The molecule has 0 amide bonds. The zero-order chi connectivity index (χ0) is 19.3. The van der Waals surface area contributed by atoms with Gasteiger partial charge in [-0.05, 0) is 30.2 Å². The fraction of sp³-hybridized carbons (Fsp3) is 0.760. The summed E-state index contributed by atoms with van der Waals surface area (Å²) in [5, 5.41) is 0. The molecule has 0 spiro atoms. The van der Waals surface area contributed by atoms with Crippen molar-refractivity contribution in [3.8, 4) is 0 Å². The molecule has 0 saturated heterocycles. The molecule has 0 radical (unpaired) electrons. The Bertz CT molecular complexity index is 291. The van der Waals surface area contributed by atoms with E-state index < -0.39 is 0 Å². The lowest BCUT2D eigenvalue weighted by molar-refractivity contribution is 0.343. The third-order valence-corrected chi connectivity index (χ3v) is 4.23. The number of hydrogen-bond donors (Lipinski definition) is 0. The van der Waals surface area contributed by atoms with Crippen molar-refractivity contribution in [3.63, 3.8) is 0 Å². The summed E-state index contributed by atoms with van der Waals surface area (Å²) in [5.74, 6) is 0. The van der Waals surface area contributed by atoms with Crippen LogP contribution in [-0.2, 0) is 5.41 Å². The molecular weight excluding hydrogens is 300 g/mol. The molecule has 0 aliphatic rings. The summed E-state index contributed by atoms with van der Waals surface area (Å²) in [6, 6.07) is 11.1. The van der Waals surface area contributed by atoms with E-state index in [1.54, 1.807) is 0 Å². The minimum Gasteiger partial charge on any atom is -0.0776 e. The van der Waals surface area contributed by atoms with Crippen molar-refractivity contribution >= 4 is 0 Å². The van der Waals surface area contributed by atoms with Gasteiger partial charge >= 0.3 is 0 Å². The van der Waals surface area contributed by atoms with Crippen LogP contribution in [0.1, 0.15) is 127 Å². The first-order valence-corrected chi connectivity index (χ1v) is 10.8. The predicted molar refractivity (Wildman–Crippen MR) is 123 cm³/mol. The molecule has 152 valence electrons. The summed E-state index contributed by atoms with van der Waals surface area (Å²) >= 11 is 0. The van der Waals surface area contributed by atoms with Gasteiger partial charge in [0.2, 0.25) is 0 Å². The van der Waals surface area contributed by atoms with Crippen LogP contribution in [-0.4, -0.2) is 0 Å². The van der Waals surface area contributed by atoms with Gasteiger partial charge in [-0.15, -0.1) is 0 Å². The van der Waals surface area contributed by atoms with E-state index in [-0.39, 0.29) is 7.43 Å². The lowest BCUT2D eigenvalue weighted by Gasteiger charge is -2.33. The standard InChI is InChI=1S/C15H24.C5H12.2C2H6.CH4/c1-4-12-15(6-3,13-5-2)14-10-8-7-9-11-14;1-3-5-4-2;2*1-2;/h7-11H,4-6,12-13H2,1-3H3;3-5H2,1-2H3;2*1-2H3;1H4. The molecule has 0 bridgehead atoms. The van der Waals surface area contributed by atoms with Gasteiger partial charge in [0.1, 0.15) is 0 Å². The van der Waals surface area contributed by atoms with Gasteiger partial charge in [-0.1, -0.05) is 132 Å². The lowest BCUT2D eigenvalue weighted by atomic mass is 9.71. The van der Waals surface area contributed by atoms with Crippen molar-refractivity contribution in [2.45, 2.75) is 127 Å². The molecule has 1 aromatic rings. The van der Waals surface area contributed by atoms with E-state index in [0.717, 1.165) is 0 Å². The summed E-state index contributed by atoms with van der Waals surface area (Å²) in [5.41, 5.74) is 1.97. The van der Waals surface area contributed by atoms with Crippen molar-refractivity contribution in [2.75, 3.05) is 0 Å². The zero-order valence-corrected chi connectivity index (χ0v) is 18.5. The molecule has 0 fully saturated rings. The van der Waals surface area contributed by atoms with E-state index in [1.165, 1.54) is 56.9 Å². The van der Waals surface area contributed by atoms with Crippen molar-refractivity contribution in [1.29, 1.82) is 0 Å². The highest BCUT2D eigenvalue weighted by atomic mass is 14.3. The molecule has 0 heteroatoms. The molecule has 25 heavy (non-hydrogen) atoms. The van der Waals surface area contributed by atoms with Crippen molar-refractivity contribution < 1.29 is 0 Å². The largest absolute Gasteiger partial charge is 0.0776 e. The summed E-state index contributed by atoms with van der Waals surface area (Å²) in [6.45, 7) is 19.3. The van der Waals surface area contributed by atoms with E-state index in [0.29, 0.717) is 5.41 Å². The van der Waals surface area contributed by atoms with Gasteiger partial charge < -0.3 is 0 Å². The maximum atomic E-state index is 2.33. The summed E-state index contributed by atoms with van der Waals surface area (Å²) < 4.78 is 0. The molecule has 1 aromatic carbocycles. The van der Waals surface area contributed by atoms with E-state index in [2.05, 4.69) is 65.0 Å². The molecule has 0 atom stereocenters. The molecule has 0 saturated carbocycles. The molecule has 0 aliphatic carbocycles. The van der Waals surface area contributed by atoms with Crippen molar-refractivity contribution in [1.82, 2.24) is 0 Å². The van der Waals surface area contributed by atoms with Crippen molar-refractivity contribution in [3.05, 3.63) is 35.9 Å².